The van der Waals surface area contributed by atoms with Crippen LogP contribution < -0.4 is 0 Å². The van der Waals surface area contributed by atoms with E-state index < -0.39 is 0 Å². The molecule has 0 bridgehead atoms. The zero-order valence-corrected chi connectivity index (χ0v) is 10.7. The number of halogens is 1. The third-order valence-electron chi connectivity index (χ3n) is 2.51. The summed E-state index contributed by atoms with van der Waals surface area (Å²) in [5, 5.41) is 0. The van der Waals surface area contributed by atoms with Gasteiger partial charge in [-0.2, -0.15) is 0 Å². The van der Waals surface area contributed by atoms with Crippen LogP contribution in [0.2, 0.25) is 0 Å². The minimum absolute atomic E-state index is 1.11. The molecule has 0 aromatic heterocycles. The highest BCUT2D eigenvalue weighted by molar-refractivity contribution is 9.10. The summed E-state index contributed by atoms with van der Waals surface area (Å²) in [6, 6.07) is 18.8. The van der Waals surface area contributed by atoms with Crippen molar-refractivity contribution in [3.05, 3.63) is 76.3 Å². The molecule has 0 saturated heterocycles. The zero-order valence-electron chi connectivity index (χ0n) is 9.15. The Labute approximate surface area is 105 Å². The van der Waals surface area contributed by atoms with Crippen LogP contribution in [0.4, 0.5) is 0 Å². The van der Waals surface area contributed by atoms with Crippen molar-refractivity contribution >= 4 is 21.5 Å². The average molecular weight is 273 g/mol. The van der Waals surface area contributed by atoms with E-state index in [4.69, 9.17) is 0 Å². The minimum atomic E-state index is 1.11. The standard InChI is InChI=1S/C15H13Br/c1-2-15(12-7-4-3-5-8-12)13-9-6-10-14(16)11-13/h2-11H,1H3/b15-2+. The molecule has 0 radical (unpaired) electrons. The quantitative estimate of drug-likeness (QED) is 0.730. The maximum absolute atomic E-state index is 3.50. The van der Waals surface area contributed by atoms with Crippen molar-refractivity contribution in [2.45, 2.75) is 6.92 Å². The highest BCUT2D eigenvalue weighted by Gasteiger charge is 2.03. The molecule has 1 heteroatoms. The third kappa shape index (κ3) is 2.42. The van der Waals surface area contributed by atoms with Crippen LogP contribution in [0.5, 0.6) is 0 Å². The van der Waals surface area contributed by atoms with Crippen LogP contribution in [-0.2, 0) is 0 Å². The fourth-order valence-corrected chi connectivity index (χ4v) is 2.17. The molecule has 0 fully saturated rings. The highest BCUT2D eigenvalue weighted by atomic mass is 79.9. The fraction of sp³-hybridized carbons (Fsp3) is 0.0667. The molecule has 0 aliphatic heterocycles. The molecule has 0 saturated carbocycles. The Balaban J connectivity index is 2.46. The van der Waals surface area contributed by atoms with E-state index in [0.717, 1.165) is 4.47 Å². The van der Waals surface area contributed by atoms with Crippen LogP contribution >= 0.6 is 15.9 Å². The number of allylic oxidation sites excluding steroid dienone is 1. The van der Waals surface area contributed by atoms with Crippen LogP contribution in [0.1, 0.15) is 18.1 Å². The van der Waals surface area contributed by atoms with Gasteiger partial charge in [0.05, 0.1) is 0 Å². The van der Waals surface area contributed by atoms with Crippen molar-refractivity contribution in [3.63, 3.8) is 0 Å². The lowest BCUT2D eigenvalue weighted by atomic mass is 9.98. The lowest BCUT2D eigenvalue weighted by molar-refractivity contribution is 1.51. The van der Waals surface area contributed by atoms with Gasteiger partial charge in [-0.3, -0.25) is 0 Å². The molecule has 2 aromatic rings. The van der Waals surface area contributed by atoms with Gasteiger partial charge in [-0.05, 0) is 35.8 Å². The van der Waals surface area contributed by atoms with Crippen molar-refractivity contribution in [1.29, 1.82) is 0 Å². The molecule has 2 aromatic carbocycles. The molecular formula is C15H13Br. The SMILES string of the molecule is C/C=C(\c1ccccc1)c1cccc(Br)c1. The molecule has 0 unspecified atom stereocenters. The van der Waals surface area contributed by atoms with E-state index >= 15 is 0 Å². The van der Waals surface area contributed by atoms with Crippen LogP contribution in [-0.4, -0.2) is 0 Å². The fourth-order valence-electron chi connectivity index (χ4n) is 1.77. The topological polar surface area (TPSA) is 0 Å². The molecule has 0 heterocycles. The second-order valence-corrected chi connectivity index (χ2v) is 4.49. The van der Waals surface area contributed by atoms with Gasteiger partial charge in [0.1, 0.15) is 0 Å². The van der Waals surface area contributed by atoms with Gasteiger partial charge in [-0.25, -0.2) is 0 Å². The summed E-state index contributed by atoms with van der Waals surface area (Å²) >= 11 is 3.50. The van der Waals surface area contributed by atoms with Crippen molar-refractivity contribution in [3.8, 4) is 0 Å². The monoisotopic (exact) mass is 272 g/mol. The second kappa shape index (κ2) is 5.13. The first-order chi connectivity index (χ1) is 7.81. The van der Waals surface area contributed by atoms with E-state index in [0.29, 0.717) is 0 Å². The van der Waals surface area contributed by atoms with Crippen molar-refractivity contribution < 1.29 is 0 Å². The van der Waals surface area contributed by atoms with Crippen LogP contribution in [0.25, 0.3) is 5.57 Å². The predicted octanol–water partition coefficient (Wildman–Crippen LogP) is 4.90. The maximum Gasteiger partial charge on any atom is 0.0181 e. The van der Waals surface area contributed by atoms with Gasteiger partial charge < -0.3 is 0 Å². The average Bonchev–Trinajstić information content (AvgIpc) is 2.31. The molecule has 16 heavy (non-hydrogen) atoms. The zero-order chi connectivity index (χ0) is 11.4. The van der Waals surface area contributed by atoms with Crippen molar-refractivity contribution in [1.82, 2.24) is 0 Å². The Hall–Kier alpha value is -1.34. The molecule has 0 aliphatic rings. The molecular weight excluding hydrogens is 260 g/mol. The summed E-state index contributed by atoms with van der Waals surface area (Å²) in [5.74, 6) is 0. The molecule has 0 N–H and O–H groups in total. The molecule has 0 atom stereocenters. The predicted molar refractivity (Wildman–Crippen MR) is 73.3 cm³/mol. The van der Waals surface area contributed by atoms with Crippen molar-refractivity contribution in [2.75, 3.05) is 0 Å². The number of hydrogen-bond donors (Lipinski definition) is 0. The first-order valence-corrected chi connectivity index (χ1v) is 6.08. The lowest BCUT2D eigenvalue weighted by Gasteiger charge is -2.07. The molecule has 0 nitrogen and oxygen atoms in total. The van der Waals surface area contributed by atoms with Crippen LogP contribution in [0, 0.1) is 0 Å². The first kappa shape index (κ1) is 11.2. The number of rotatable bonds is 2. The van der Waals surface area contributed by atoms with E-state index in [2.05, 4.69) is 71.4 Å². The molecule has 2 rings (SSSR count). The van der Waals surface area contributed by atoms with Gasteiger partial charge in [0.15, 0.2) is 0 Å². The minimum Gasteiger partial charge on any atom is -0.0792 e. The first-order valence-electron chi connectivity index (χ1n) is 5.29. The summed E-state index contributed by atoms with van der Waals surface area (Å²) in [6.07, 6.45) is 2.15. The number of benzene rings is 2. The Morgan fingerprint density at radius 1 is 0.938 bits per heavy atom. The summed E-state index contributed by atoms with van der Waals surface area (Å²) in [7, 11) is 0. The molecule has 0 amide bonds. The normalized spacial score (nSPS) is 11.5. The van der Waals surface area contributed by atoms with E-state index in [9.17, 15) is 0 Å². The van der Waals surface area contributed by atoms with E-state index in [1.807, 2.05) is 12.1 Å². The summed E-state index contributed by atoms with van der Waals surface area (Å²) in [4.78, 5) is 0. The largest absolute Gasteiger partial charge is 0.0792 e. The Morgan fingerprint density at radius 3 is 2.25 bits per heavy atom. The van der Waals surface area contributed by atoms with E-state index in [1.165, 1.54) is 16.7 Å². The number of hydrogen-bond acceptors (Lipinski definition) is 0. The summed E-state index contributed by atoms with van der Waals surface area (Å²) in [6.45, 7) is 2.07. The Kier molecular flexibility index (Phi) is 3.58. The smallest absolute Gasteiger partial charge is 0.0181 e. The summed E-state index contributed by atoms with van der Waals surface area (Å²) < 4.78 is 1.11. The third-order valence-corrected chi connectivity index (χ3v) is 3.00. The van der Waals surface area contributed by atoms with Gasteiger partial charge in [0.2, 0.25) is 0 Å². The molecule has 0 spiro atoms. The molecule has 0 aliphatic carbocycles. The van der Waals surface area contributed by atoms with E-state index in [-0.39, 0.29) is 0 Å². The Morgan fingerprint density at radius 2 is 1.62 bits per heavy atom. The van der Waals surface area contributed by atoms with Gasteiger partial charge in [-0.15, -0.1) is 0 Å². The Bertz CT molecular complexity index is 498. The maximum atomic E-state index is 3.50. The summed E-state index contributed by atoms with van der Waals surface area (Å²) in [5.41, 5.74) is 3.76. The lowest BCUT2D eigenvalue weighted by Crippen LogP contribution is -1.86. The van der Waals surface area contributed by atoms with Gasteiger partial charge in [0, 0.05) is 4.47 Å². The molecule has 80 valence electrons. The van der Waals surface area contributed by atoms with E-state index in [1.54, 1.807) is 0 Å². The van der Waals surface area contributed by atoms with Gasteiger partial charge in [0.25, 0.3) is 0 Å². The van der Waals surface area contributed by atoms with Gasteiger partial charge >= 0.3 is 0 Å². The highest BCUT2D eigenvalue weighted by Crippen LogP contribution is 2.25. The van der Waals surface area contributed by atoms with Gasteiger partial charge in [-0.1, -0.05) is 64.5 Å². The van der Waals surface area contributed by atoms with Crippen LogP contribution in [0.3, 0.4) is 0 Å². The second-order valence-electron chi connectivity index (χ2n) is 3.58. The van der Waals surface area contributed by atoms with Crippen LogP contribution in [0.15, 0.2) is 65.1 Å². The van der Waals surface area contributed by atoms with Crippen molar-refractivity contribution in [2.24, 2.45) is 0 Å².